The molecule has 5 rings (SSSR count). The summed E-state index contributed by atoms with van der Waals surface area (Å²) in [7, 11) is 0. The number of nitrogens with one attached hydrogen (secondary N) is 1. The molecular weight excluding hydrogens is 296 g/mol. The second-order valence-corrected chi connectivity index (χ2v) is 7.59. The SMILES string of the molecule is c1cc(C2(c3cc4n(n3)CCCN4)CCC2)ccc1N1CCCC1. The van der Waals surface area contributed by atoms with Gasteiger partial charge in [-0.25, -0.2) is 4.68 Å². The van der Waals surface area contributed by atoms with Crippen LogP contribution in [-0.4, -0.2) is 29.4 Å². The molecule has 1 N–H and O–H groups in total. The summed E-state index contributed by atoms with van der Waals surface area (Å²) in [5.41, 5.74) is 4.26. The van der Waals surface area contributed by atoms with Gasteiger partial charge in [-0.2, -0.15) is 5.10 Å². The molecule has 0 bridgehead atoms. The van der Waals surface area contributed by atoms with E-state index in [1.54, 1.807) is 0 Å². The minimum Gasteiger partial charge on any atom is -0.372 e. The number of benzene rings is 1. The Hall–Kier alpha value is -1.97. The topological polar surface area (TPSA) is 33.1 Å². The van der Waals surface area contributed by atoms with Crippen LogP contribution in [0.2, 0.25) is 0 Å². The van der Waals surface area contributed by atoms with Crippen molar-refractivity contribution in [2.24, 2.45) is 0 Å². The first-order valence-electron chi connectivity index (χ1n) is 9.53. The van der Waals surface area contributed by atoms with Gasteiger partial charge in [0.1, 0.15) is 5.82 Å². The lowest BCUT2D eigenvalue weighted by molar-refractivity contribution is 0.290. The summed E-state index contributed by atoms with van der Waals surface area (Å²) in [6.45, 7) is 4.54. The molecule has 2 fully saturated rings. The van der Waals surface area contributed by atoms with Crippen molar-refractivity contribution in [1.29, 1.82) is 0 Å². The third-order valence-corrected chi connectivity index (χ3v) is 6.22. The number of nitrogens with zero attached hydrogens (tertiary/aromatic N) is 3. The van der Waals surface area contributed by atoms with E-state index in [0.29, 0.717) is 0 Å². The first kappa shape index (κ1) is 14.4. The molecule has 4 nitrogen and oxygen atoms in total. The molecule has 0 unspecified atom stereocenters. The van der Waals surface area contributed by atoms with Crippen molar-refractivity contribution in [3.8, 4) is 0 Å². The van der Waals surface area contributed by atoms with Crippen LogP contribution in [0.1, 0.15) is 49.8 Å². The van der Waals surface area contributed by atoms with Crippen LogP contribution in [0.25, 0.3) is 0 Å². The monoisotopic (exact) mass is 322 g/mol. The predicted octanol–water partition coefficient (Wildman–Crippen LogP) is 3.77. The zero-order valence-electron chi connectivity index (χ0n) is 14.3. The lowest BCUT2D eigenvalue weighted by Crippen LogP contribution is -2.36. The highest BCUT2D eigenvalue weighted by Gasteiger charge is 2.43. The Balaban J connectivity index is 1.47. The Labute approximate surface area is 143 Å². The molecule has 3 heterocycles. The Morgan fingerprint density at radius 1 is 0.917 bits per heavy atom. The van der Waals surface area contributed by atoms with Gasteiger partial charge in [0.05, 0.1) is 5.69 Å². The van der Waals surface area contributed by atoms with Crippen molar-refractivity contribution in [2.45, 2.75) is 50.5 Å². The number of aromatic nitrogens is 2. The number of hydrogen-bond donors (Lipinski definition) is 1. The molecule has 0 amide bonds. The molecule has 0 spiro atoms. The van der Waals surface area contributed by atoms with E-state index >= 15 is 0 Å². The van der Waals surface area contributed by atoms with Crippen molar-refractivity contribution in [1.82, 2.24) is 9.78 Å². The number of aryl methyl sites for hydroxylation is 1. The van der Waals surface area contributed by atoms with Gasteiger partial charge in [0.25, 0.3) is 0 Å². The minimum absolute atomic E-state index is 0.148. The normalized spacial score (nSPS) is 21.9. The quantitative estimate of drug-likeness (QED) is 0.934. The largest absolute Gasteiger partial charge is 0.372 e. The summed E-state index contributed by atoms with van der Waals surface area (Å²) in [6.07, 6.45) is 7.60. The number of anilines is 2. The molecule has 1 aromatic heterocycles. The lowest BCUT2D eigenvalue weighted by atomic mass is 9.62. The summed E-state index contributed by atoms with van der Waals surface area (Å²) < 4.78 is 2.16. The second-order valence-electron chi connectivity index (χ2n) is 7.59. The standard InChI is InChI=1S/C20H26N4/c1-2-13-23(12-1)17-7-5-16(6-8-17)20(9-3-10-20)18-15-19-21-11-4-14-24(19)22-18/h5-8,15,21H,1-4,9-14H2. The maximum absolute atomic E-state index is 4.96. The maximum Gasteiger partial charge on any atom is 0.124 e. The molecule has 3 aliphatic rings. The number of fused-ring (bicyclic) bond motifs is 1. The average Bonchev–Trinajstić information content (AvgIpc) is 3.24. The van der Waals surface area contributed by atoms with Gasteiger partial charge < -0.3 is 10.2 Å². The van der Waals surface area contributed by atoms with E-state index in [-0.39, 0.29) is 5.41 Å². The van der Waals surface area contributed by atoms with Gasteiger partial charge in [-0.1, -0.05) is 18.6 Å². The highest BCUT2D eigenvalue weighted by atomic mass is 15.3. The zero-order chi connectivity index (χ0) is 16.0. The third-order valence-electron chi connectivity index (χ3n) is 6.22. The van der Waals surface area contributed by atoms with Crippen molar-refractivity contribution >= 4 is 11.5 Å². The van der Waals surface area contributed by atoms with Gasteiger partial charge in [0.15, 0.2) is 0 Å². The highest BCUT2D eigenvalue weighted by Crippen LogP contribution is 2.49. The fourth-order valence-electron chi connectivity index (χ4n) is 4.60. The van der Waals surface area contributed by atoms with E-state index in [2.05, 4.69) is 45.2 Å². The summed E-state index contributed by atoms with van der Waals surface area (Å²) in [5.74, 6) is 1.20. The lowest BCUT2D eigenvalue weighted by Gasteiger charge is -2.41. The van der Waals surface area contributed by atoms with Crippen molar-refractivity contribution in [2.75, 3.05) is 29.9 Å². The van der Waals surface area contributed by atoms with E-state index in [4.69, 9.17) is 5.10 Å². The molecule has 1 saturated carbocycles. The van der Waals surface area contributed by atoms with Gasteiger partial charge in [0, 0.05) is 43.3 Å². The van der Waals surface area contributed by atoms with E-state index in [1.165, 1.54) is 74.4 Å². The summed E-state index contributed by atoms with van der Waals surface area (Å²) in [6, 6.07) is 11.7. The molecule has 1 aromatic carbocycles. The fraction of sp³-hybridized carbons (Fsp3) is 0.550. The molecule has 4 heteroatoms. The number of rotatable bonds is 3. The van der Waals surface area contributed by atoms with Crippen molar-refractivity contribution < 1.29 is 0 Å². The molecule has 0 radical (unpaired) electrons. The summed E-state index contributed by atoms with van der Waals surface area (Å²) in [4.78, 5) is 2.51. The minimum atomic E-state index is 0.148. The van der Waals surface area contributed by atoms with E-state index in [9.17, 15) is 0 Å². The molecule has 2 aliphatic heterocycles. The van der Waals surface area contributed by atoms with Crippen LogP contribution in [-0.2, 0) is 12.0 Å². The van der Waals surface area contributed by atoms with Crippen LogP contribution in [0.5, 0.6) is 0 Å². The first-order valence-corrected chi connectivity index (χ1v) is 9.53. The molecule has 1 aliphatic carbocycles. The average molecular weight is 322 g/mol. The maximum atomic E-state index is 4.96. The first-order chi connectivity index (χ1) is 11.9. The van der Waals surface area contributed by atoms with Crippen LogP contribution < -0.4 is 10.2 Å². The van der Waals surface area contributed by atoms with E-state index in [1.807, 2.05) is 0 Å². The predicted molar refractivity (Wildman–Crippen MR) is 97.9 cm³/mol. The Kier molecular flexibility index (Phi) is 3.32. The van der Waals surface area contributed by atoms with Gasteiger partial charge in [0.2, 0.25) is 0 Å². The van der Waals surface area contributed by atoms with E-state index in [0.717, 1.165) is 13.1 Å². The van der Waals surface area contributed by atoms with Crippen molar-refractivity contribution in [3.63, 3.8) is 0 Å². The second kappa shape index (κ2) is 5.54. The van der Waals surface area contributed by atoms with Gasteiger partial charge in [-0.15, -0.1) is 0 Å². The molecular formula is C20H26N4. The van der Waals surface area contributed by atoms with Gasteiger partial charge in [-0.05, 0) is 49.8 Å². The number of hydrogen-bond acceptors (Lipinski definition) is 3. The molecule has 2 aromatic rings. The van der Waals surface area contributed by atoms with E-state index < -0.39 is 0 Å². The molecule has 126 valence electrons. The van der Waals surface area contributed by atoms with Gasteiger partial charge >= 0.3 is 0 Å². The third kappa shape index (κ3) is 2.15. The molecule has 24 heavy (non-hydrogen) atoms. The van der Waals surface area contributed by atoms with Crippen LogP contribution in [0, 0.1) is 0 Å². The zero-order valence-corrected chi connectivity index (χ0v) is 14.3. The Morgan fingerprint density at radius 3 is 2.38 bits per heavy atom. The van der Waals surface area contributed by atoms with Crippen molar-refractivity contribution in [3.05, 3.63) is 41.6 Å². The smallest absolute Gasteiger partial charge is 0.124 e. The fourth-order valence-corrected chi connectivity index (χ4v) is 4.60. The summed E-state index contributed by atoms with van der Waals surface area (Å²) in [5, 5.41) is 8.46. The Morgan fingerprint density at radius 2 is 1.71 bits per heavy atom. The Bertz CT molecular complexity index is 697. The highest BCUT2D eigenvalue weighted by molar-refractivity contribution is 5.52. The molecule has 1 saturated heterocycles. The molecule has 0 atom stereocenters. The van der Waals surface area contributed by atoms with Crippen LogP contribution in [0.3, 0.4) is 0 Å². The van der Waals surface area contributed by atoms with Gasteiger partial charge in [-0.3, -0.25) is 0 Å². The summed E-state index contributed by atoms with van der Waals surface area (Å²) >= 11 is 0. The van der Waals surface area contributed by atoms with Crippen LogP contribution in [0.15, 0.2) is 30.3 Å². The van der Waals surface area contributed by atoms with Crippen LogP contribution >= 0.6 is 0 Å². The van der Waals surface area contributed by atoms with Crippen LogP contribution in [0.4, 0.5) is 11.5 Å².